The van der Waals surface area contributed by atoms with Crippen molar-refractivity contribution in [2.75, 3.05) is 0 Å². The topological polar surface area (TPSA) is 23.8 Å². The molecule has 0 saturated carbocycles. The van der Waals surface area contributed by atoms with Gasteiger partial charge in [-0.1, -0.05) is 79.2 Å². The van der Waals surface area contributed by atoms with Gasteiger partial charge in [-0.3, -0.25) is 0 Å². The van der Waals surface area contributed by atoms with Crippen LogP contribution in [-0.4, -0.2) is 13.4 Å². The van der Waals surface area contributed by atoms with Gasteiger partial charge in [-0.05, 0) is 24.5 Å². The number of fused-ring (bicyclic) bond motifs is 1. The monoisotopic (exact) mass is 285 g/mol. The molecular formula is C19H21B2N. The van der Waals surface area contributed by atoms with Crippen molar-refractivity contribution >= 4 is 29.8 Å². The molecule has 1 aliphatic rings. The summed E-state index contributed by atoms with van der Waals surface area (Å²) in [6.07, 6.45) is 2.28. The lowest BCUT2D eigenvalue weighted by molar-refractivity contribution is 0.737. The maximum atomic E-state index is 9.29. The van der Waals surface area contributed by atoms with Crippen LogP contribution in [0.2, 0.25) is 13.0 Å². The minimum atomic E-state index is 0.434. The fraction of sp³-hybridized carbons (Fsp3) is 0.316. The van der Waals surface area contributed by atoms with Crippen LogP contribution >= 0.6 is 0 Å². The minimum absolute atomic E-state index is 0.434. The van der Waals surface area contributed by atoms with Crippen molar-refractivity contribution in [2.24, 2.45) is 0 Å². The zero-order chi connectivity index (χ0) is 15.7. The Kier molecular flexibility index (Phi) is 4.12. The number of nitriles is 1. The van der Waals surface area contributed by atoms with Gasteiger partial charge < -0.3 is 0 Å². The van der Waals surface area contributed by atoms with E-state index in [0.717, 1.165) is 18.2 Å². The average molecular weight is 285 g/mol. The molecule has 0 bridgehead atoms. The number of hydrogen-bond acceptors (Lipinski definition) is 1. The number of rotatable bonds is 3. The molecule has 0 fully saturated rings. The maximum absolute atomic E-state index is 9.29. The summed E-state index contributed by atoms with van der Waals surface area (Å²) in [6, 6.07) is 17.4. The highest BCUT2D eigenvalue weighted by atomic mass is 14.2. The molecule has 0 N–H and O–H groups in total. The summed E-state index contributed by atoms with van der Waals surface area (Å²) >= 11 is 0. The molecular weight excluding hydrogens is 264 g/mol. The smallest absolute Gasteiger partial charge is 0.192 e. The summed E-state index contributed by atoms with van der Waals surface area (Å²) < 4.78 is 0. The van der Waals surface area contributed by atoms with E-state index in [-0.39, 0.29) is 0 Å². The summed E-state index contributed by atoms with van der Waals surface area (Å²) in [5, 5.41) is 9.29. The molecule has 108 valence electrons. The quantitative estimate of drug-likeness (QED) is 0.795. The van der Waals surface area contributed by atoms with Crippen molar-refractivity contribution in [1.29, 1.82) is 5.26 Å². The highest BCUT2D eigenvalue weighted by molar-refractivity contribution is 7.04. The second-order valence-electron chi connectivity index (χ2n) is 6.58. The van der Waals surface area contributed by atoms with E-state index in [4.69, 9.17) is 0 Å². The van der Waals surface area contributed by atoms with Crippen molar-refractivity contribution in [1.82, 2.24) is 0 Å². The van der Waals surface area contributed by atoms with Crippen LogP contribution in [0.15, 0.2) is 42.5 Å². The fourth-order valence-electron chi connectivity index (χ4n) is 3.79. The second kappa shape index (κ2) is 6.05. The van der Waals surface area contributed by atoms with E-state index >= 15 is 0 Å². The Morgan fingerprint density at radius 2 is 1.86 bits per heavy atom. The lowest BCUT2D eigenvalue weighted by Crippen LogP contribution is -2.44. The first kappa shape index (κ1) is 15.0. The van der Waals surface area contributed by atoms with Gasteiger partial charge in [0.1, 0.15) is 0 Å². The highest BCUT2D eigenvalue weighted by Crippen LogP contribution is 2.20. The minimum Gasteiger partial charge on any atom is -0.192 e. The Balaban J connectivity index is 2.14. The summed E-state index contributed by atoms with van der Waals surface area (Å²) in [6.45, 7) is 7.86. The molecule has 0 spiro atoms. The molecule has 0 amide bonds. The third-order valence-corrected chi connectivity index (χ3v) is 5.23. The average Bonchev–Trinajstić information content (AvgIpc) is 2.91. The number of hydrogen-bond donors (Lipinski definition) is 0. The SMILES string of the molecule is CCC(C)c1ccc(C#N)cc1B1CB(C)c2ccccc21. The Bertz CT molecular complexity index is 732. The van der Waals surface area contributed by atoms with Crippen molar-refractivity contribution in [3.63, 3.8) is 0 Å². The first-order chi connectivity index (χ1) is 10.7. The largest absolute Gasteiger partial charge is 0.202 e. The molecule has 2 aromatic carbocycles. The van der Waals surface area contributed by atoms with E-state index in [1.165, 1.54) is 22.0 Å². The molecule has 0 saturated heterocycles. The zero-order valence-corrected chi connectivity index (χ0v) is 13.6. The molecule has 1 atom stereocenters. The Morgan fingerprint density at radius 3 is 2.55 bits per heavy atom. The van der Waals surface area contributed by atoms with E-state index in [1.807, 2.05) is 6.07 Å². The molecule has 0 aliphatic carbocycles. The van der Waals surface area contributed by atoms with Crippen LogP contribution in [0.3, 0.4) is 0 Å². The molecule has 1 aliphatic heterocycles. The van der Waals surface area contributed by atoms with E-state index in [0.29, 0.717) is 19.3 Å². The van der Waals surface area contributed by atoms with E-state index in [9.17, 15) is 5.26 Å². The summed E-state index contributed by atoms with van der Waals surface area (Å²) in [4.78, 5) is 0. The van der Waals surface area contributed by atoms with Crippen molar-refractivity contribution in [2.45, 2.75) is 39.2 Å². The first-order valence-corrected chi connectivity index (χ1v) is 8.28. The Morgan fingerprint density at radius 1 is 1.14 bits per heavy atom. The summed E-state index contributed by atoms with van der Waals surface area (Å²) in [5.74, 6) is 0.533. The zero-order valence-electron chi connectivity index (χ0n) is 13.6. The third-order valence-electron chi connectivity index (χ3n) is 5.23. The van der Waals surface area contributed by atoms with E-state index < -0.39 is 0 Å². The summed E-state index contributed by atoms with van der Waals surface area (Å²) in [7, 11) is 0. The maximum Gasteiger partial charge on any atom is 0.202 e. The lowest BCUT2D eigenvalue weighted by atomic mass is 9.32. The second-order valence-corrected chi connectivity index (χ2v) is 6.58. The molecule has 3 heteroatoms. The molecule has 22 heavy (non-hydrogen) atoms. The number of nitrogens with zero attached hydrogens (tertiary/aromatic N) is 1. The molecule has 2 aromatic rings. The molecule has 0 aromatic heterocycles. The van der Waals surface area contributed by atoms with Gasteiger partial charge in [0, 0.05) is 0 Å². The van der Waals surface area contributed by atoms with Gasteiger partial charge in [-0.25, -0.2) is 0 Å². The lowest BCUT2D eigenvalue weighted by Gasteiger charge is -2.19. The van der Waals surface area contributed by atoms with Crippen LogP contribution < -0.4 is 16.4 Å². The van der Waals surface area contributed by atoms with Crippen molar-refractivity contribution < 1.29 is 0 Å². The van der Waals surface area contributed by atoms with Gasteiger partial charge >= 0.3 is 0 Å². The Hall–Kier alpha value is -1.94. The normalized spacial score (nSPS) is 14.6. The van der Waals surface area contributed by atoms with Crippen molar-refractivity contribution in [3.8, 4) is 6.07 Å². The molecule has 0 radical (unpaired) electrons. The van der Waals surface area contributed by atoms with Gasteiger partial charge in [-0.15, -0.1) is 0 Å². The van der Waals surface area contributed by atoms with Crippen LogP contribution in [0.25, 0.3) is 0 Å². The molecule has 3 rings (SSSR count). The van der Waals surface area contributed by atoms with Crippen molar-refractivity contribution in [3.05, 3.63) is 53.6 Å². The molecule has 1 unspecified atom stereocenters. The van der Waals surface area contributed by atoms with E-state index in [1.54, 1.807) is 0 Å². The van der Waals surface area contributed by atoms with Gasteiger partial charge in [0.2, 0.25) is 6.71 Å². The molecule has 1 nitrogen and oxygen atoms in total. The van der Waals surface area contributed by atoms with E-state index in [2.05, 4.69) is 63.1 Å². The fourth-order valence-corrected chi connectivity index (χ4v) is 3.79. The van der Waals surface area contributed by atoms with Gasteiger partial charge in [0.25, 0.3) is 0 Å². The van der Waals surface area contributed by atoms with Crippen LogP contribution in [0.5, 0.6) is 0 Å². The van der Waals surface area contributed by atoms with Gasteiger partial charge in [-0.2, -0.15) is 5.26 Å². The van der Waals surface area contributed by atoms with Gasteiger partial charge in [0.15, 0.2) is 6.71 Å². The summed E-state index contributed by atoms with van der Waals surface area (Å²) in [5.41, 5.74) is 6.49. The predicted octanol–water partition coefficient (Wildman–Crippen LogP) is 2.57. The van der Waals surface area contributed by atoms with Crippen LogP contribution in [0, 0.1) is 11.3 Å². The van der Waals surface area contributed by atoms with Gasteiger partial charge in [0.05, 0.1) is 11.6 Å². The van der Waals surface area contributed by atoms with Crippen LogP contribution in [0.1, 0.15) is 37.3 Å². The van der Waals surface area contributed by atoms with Crippen LogP contribution in [-0.2, 0) is 0 Å². The standard InChI is InChI=1S/C19H21B2N/c1-4-14(2)16-10-9-15(12-22)11-19(16)21-13-20(3)17-7-5-6-8-18(17)21/h5-11,14H,4,13H2,1-3H3. The highest BCUT2D eigenvalue weighted by Gasteiger charge is 2.35. The predicted molar refractivity (Wildman–Crippen MR) is 97.4 cm³/mol. The Labute approximate surface area is 134 Å². The first-order valence-electron chi connectivity index (χ1n) is 8.28. The van der Waals surface area contributed by atoms with Crippen LogP contribution in [0.4, 0.5) is 0 Å². The third kappa shape index (κ3) is 2.48. The molecule has 1 heterocycles. The number of benzene rings is 2.